The third kappa shape index (κ3) is 4.31. The Hall–Kier alpha value is -1.77. The first kappa shape index (κ1) is 20.5. The van der Waals surface area contributed by atoms with Crippen molar-refractivity contribution in [2.45, 2.75) is 39.8 Å². The molecule has 26 heavy (non-hydrogen) atoms. The van der Waals surface area contributed by atoms with E-state index in [1.54, 1.807) is 26.2 Å². The van der Waals surface area contributed by atoms with Crippen LogP contribution in [0.2, 0.25) is 0 Å². The molecule has 1 atom stereocenters. The summed E-state index contributed by atoms with van der Waals surface area (Å²) in [6.07, 6.45) is 0.769. The van der Waals surface area contributed by atoms with E-state index in [-0.39, 0.29) is 11.9 Å². The number of nitrogens with zero attached hydrogens (tertiary/aromatic N) is 3. The fraction of sp³-hybridized carbons (Fsp3) is 0.611. The SMILES string of the molecule is COCc1nc(OC)c2c(C)c(C(=O)N(C)CCC(N)C(C)C)sc2n1. The Morgan fingerprint density at radius 2 is 2.00 bits per heavy atom. The van der Waals surface area contributed by atoms with E-state index in [2.05, 4.69) is 23.8 Å². The number of aryl methyl sites for hydroxylation is 1. The lowest BCUT2D eigenvalue weighted by Gasteiger charge is -2.21. The van der Waals surface area contributed by atoms with Gasteiger partial charge in [-0.15, -0.1) is 11.3 Å². The number of hydrogen-bond donors (Lipinski definition) is 1. The van der Waals surface area contributed by atoms with Crippen LogP contribution in [0.15, 0.2) is 0 Å². The molecule has 1 amide bonds. The van der Waals surface area contributed by atoms with Gasteiger partial charge in [-0.1, -0.05) is 13.8 Å². The van der Waals surface area contributed by atoms with Crippen LogP contribution >= 0.6 is 11.3 Å². The highest BCUT2D eigenvalue weighted by atomic mass is 32.1. The zero-order chi connectivity index (χ0) is 19.4. The lowest BCUT2D eigenvalue weighted by Crippen LogP contribution is -2.34. The van der Waals surface area contributed by atoms with Crippen molar-refractivity contribution in [2.24, 2.45) is 11.7 Å². The Morgan fingerprint density at radius 3 is 2.58 bits per heavy atom. The highest BCUT2D eigenvalue weighted by molar-refractivity contribution is 7.20. The Bertz CT molecular complexity index is 775. The molecule has 0 aliphatic carbocycles. The van der Waals surface area contributed by atoms with Gasteiger partial charge in [0.2, 0.25) is 5.88 Å². The van der Waals surface area contributed by atoms with Gasteiger partial charge in [0, 0.05) is 26.7 Å². The summed E-state index contributed by atoms with van der Waals surface area (Å²) >= 11 is 1.36. The van der Waals surface area contributed by atoms with Crippen LogP contribution in [0.1, 0.15) is 41.3 Å². The molecule has 0 fully saturated rings. The average molecular weight is 381 g/mol. The van der Waals surface area contributed by atoms with E-state index in [9.17, 15) is 4.79 Å². The van der Waals surface area contributed by atoms with Gasteiger partial charge >= 0.3 is 0 Å². The summed E-state index contributed by atoms with van der Waals surface area (Å²) in [6.45, 7) is 6.99. The first-order chi connectivity index (χ1) is 12.3. The Labute approximate surface area is 158 Å². The molecule has 144 valence electrons. The molecular weight excluding hydrogens is 352 g/mol. The second kappa shape index (κ2) is 8.75. The number of thiophene rings is 1. The number of ether oxygens (including phenoxy) is 2. The maximum atomic E-state index is 12.9. The Balaban J connectivity index is 2.31. The molecule has 7 nitrogen and oxygen atoms in total. The predicted octanol–water partition coefficient (Wildman–Crippen LogP) is 2.60. The van der Waals surface area contributed by atoms with E-state index in [0.29, 0.717) is 35.7 Å². The molecular formula is C18H28N4O3S. The van der Waals surface area contributed by atoms with Crippen molar-refractivity contribution in [3.8, 4) is 5.88 Å². The van der Waals surface area contributed by atoms with Gasteiger partial charge in [0.25, 0.3) is 5.91 Å². The fourth-order valence-corrected chi connectivity index (χ4v) is 3.83. The van der Waals surface area contributed by atoms with Crippen LogP contribution < -0.4 is 10.5 Å². The molecule has 0 spiro atoms. The van der Waals surface area contributed by atoms with Crippen molar-refractivity contribution in [1.82, 2.24) is 14.9 Å². The van der Waals surface area contributed by atoms with E-state index in [4.69, 9.17) is 15.2 Å². The smallest absolute Gasteiger partial charge is 0.264 e. The van der Waals surface area contributed by atoms with Gasteiger partial charge in [0.05, 0.1) is 17.4 Å². The molecule has 2 heterocycles. The molecule has 0 saturated carbocycles. The zero-order valence-corrected chi connectivity index (χ0v) is 17.1. The molecule has 2 aromatic heterocycles. The average Bonchev–Trinajstić information content (AvgIpc) is 2.94. The van der Waals surface area contributed by atoms with Gasteiger partial charge in [0.15, 0.2) is 5.82 Å². The van der Waals surface area contributed by atoms with Crippen LogP contribution in [-0.2, 0) is 11.3 Å². The van der Waals surface area contributed by atoms with Crippen LogP contribution in [0.4, 0.5) is 0 Å². The van der Waals surface area contributed by atoms with Crippen molar-refractivity contribution in [3.05, 3.63) is 16.3 Å². The number of rotatable bonds is 8. The summed E-state index contributed by atoms with van der Waals surface area (Å²) in [6, 6.07) is 0.0799. The van der Waals surface area contributed by atoms with Crippen LogP contribution in [0.25, 0.3) is 10.2 Å². The minimum absolute atomic E-state index is 0.0307. The molecule has 2 rings (SSSR count). The summed E-state index contributed by atoms with van der Waals surface area (Å²) in [7, 11) is 4.96. The number of hydrogen-bond acceptors (Lipinski definition) is 7. The van der Waals surface area contributed by atoms with E-state index in [0.717, 1.165) is 22.2 Å². The molecule has 2 N–H and O–H groups in total. The van der Waals surface area contributed by atoms with Gasteiger partial charge in [-0.25, -0.2) is 4.98 Å². The van der Waals surface area contributed by atoms with Crippen LogP contribution in [-0.4, -0.2) is 54.6 Å². The fourth-order valence-electron chi connectivity index (χ4n) is 2.64. The first-order valence-electron chi connectivity index (χ1n) is 8.64. The summed E-state index contributed by atoms with van der Waals surface area (Å²) in [4.78, 5) is 24.9. The van der Waals surface area contributed by atoms with Gasteiger partial charge in [0.1, 0.15) is 11.4 Å². The normalized spacial score (nSPS) is 12.6. The van der Waals surface area contributed by atoms with Crippen LogP contribution in [0, 0.1) is 12.8 Å². The molecule has 8 heteroatoms. The third-order valence-electron chi connectivity index (χ3n) is 4.47. The number of carbonyl (C=O) groups excluding carboxylic acids is 1. The first-order valence-corrected chi connectivity index (χ1v) is 9.45. The third-order valence-corrected chi connectivity index (χ3v) is 5.64. The van der Waals surface area contributed by atoms with Crippen molar-refractivity contribution >= 4 is 27.5 Å². The lowest BCUT2D eigenvalue weighted by molar-refractivity contribution is 0.0793. The number of amides is 1. The number of carbonyl (C=O) groups is 1. The van der Waals surface area contributed by atoms with Crippen molar-refractivity contribution < 1.29 is 14.3 Å². The quantitative estimate of drug-likeness (QED) is 0.757. The van der Waals surface area contributed by atoms with Gasteiger partial charge in [-0.3, -0.25) is 4.79 Å². The minimum Gasteiger partial charge on any atom is -0.480 e. The van der Waals surface area contributed by atoms with Gasteiger partial charge < -0.3 is 20.1 Å². The molecule has 2 aromatic rings. The van der Waals surface area contributed by atoms with Crippen molar-refractivity contribution in [2.75, 3.05) is 27.8 Å². The second-order valence-corrected chi connectivity index (χ2v) is 7.74. The van der Waals surface area contributed by atoms with E-state index < -0.39 is 0 Å². The monoisotopic (exact) mass is 380 g/mol. The predicted molar refractivity (Wildman–Crippen MR) is 104 cm³/mol. The number of nitrogens with two attached hydrogens (primary N) is 1. The van der Waals surface area contributed by atoms with Gasteiger partial charge in [-0.2, -0.15) is 4.98 Å². The van der Waals surface area contributed by atoms with Crippen LogP contribution in [0.3, 0.4) is 0 Å². The summed E-state index contributed by atoms with van der Waals surface area (Å²) < 4.78 is 10.5. The van der Waals surface area contributed by atoms with E-state index in [1.807, 2.05) is 6.92 Å². The molecule has 0 radical (unpaired) electrons. The Morgan fingerprint density at radius 1 is 1.31 bits per heavy atom. The summed E-state index contributed by atoms with van der Waals surface area (Å²) in [5.41, 5.74) is 6.94. The highest BCUT2D eigenvalue weighted by Crippen LogP contribution is 2.35. The zero-order valence-electron chi connectivity index (χ0n) is 16.3. The molecule has 0 aliphatic rings. The minimum atomic E-state index is -0.0307. The second-order valence-electron chi connectivity index (χ2n) is 6.74. The maximum absolute atomic E-state index is 12.9. The van der Waals surface area contributed by atoms with Gasteiger partial charge in [-0.05, 0) is 24.8 Å². The highest BCUT2D eigenvalue weighted by Gasteiger charge is 2.23. The molecule has 0 bridgehead atoms. The molecule has 0 aromatic carbocycles. The number of methoxy groups -OCH3 is 2. The molecule has 1 unspecified atom stereocenters. The maximum Gasteiger partial charge on any atom is 0.264 e. The lowest BCUT2D eigenvalue weighted by atomic mass is 10.0. The van der Waals surface area contributed by atoms with Crippen molar-refractivity contribution in [3.63, 3.8) is 0 Å². The number of fused-ring (bicyclic) bond motifs is 1. The molecule has 0 aliphatic heterocycles. The summed E-state index contributed by atoms with van der Waals surface area (Å²) in [5, 5.41) is 0.785. The largest absolute Gasteiger partial charge is 0.480 e. The van der Waals surface area contributed by atoms with E-state index >= 15 is 0 Å². The summed E-state index contributed by atoms with van der Waals surface area (Å²) in [5.74, 6) is 1.37. The standard InChI is InChI=1S/C18H28N4O3S/c1-10(2)12(19)7-8-22(4)18(23)15-11(3)14-16(25-6)20-13(9-24-5)21-17(14)26-15/h10,12H,7-9,19H2,1-6H3. The Kier molecular flexibility index (Phi) is 6.91. The topological polar surface area (TPSA) is 90.6 Å². The van der Waals surface area contributed by atoms with E-state index in [1.165, 1.54) is 11.3 Å². The molecule has 0 saturated heterocycles. The number of aromatic nitrogens is 2. The van der Waals surface area contributed by atoms with Crippen molar-refractivity contribution in [1.29, 1.82) is 0 Å². The van der Waals surface area contributed by atoms with Crippen LogP contribution in [0.5, 0.6) is 5.88 Å².